The van der Waals surface area contributed by atoms with Gasteiger partial charge in [-0.25, -0.2) is 0 Å². The first kappa shape index (κ1) is 12.1. The quantitative estimate of drug-likeness (QED) is 0.757. The third kappa shape index (κ3) is 1.92. The summed E-state index contributed by atoms with van der Waals surface area (Å²) in [6, 6.07) is 1.77. The van der Waals surface area contributed by atoms with Gasteiger partial charge in [0.15, 0.2) is 5.78 Å². The van der Waals surface area contributed by atoms with E-state index in [0.717, 1.165) is 0 Å². The largest absolute Gasteiger partial charge is 0.374 e. The van der Waals surface area contributed by atoms with Gasteiger partial charge >= 0.3 is 0 Å². The molecule has 2 rings (SSSR count). The lowest BCUT2D eigenvalue weighted by atomic mass is 9.85. The van der Waals surface area contributed by atoms with Crippen LogP contribution in [0.15, 0.2) is 11.4 Å². The second kappa shape index (κ2) is 4.47. The topological polar surface area (TPSA) is 26.3 Å². The van der Waals surface area contributed by atoms with Gasteiger partial charge in [0.1, 0.15) is 0 Å². The molecule has 1 saturated heterocycles. The highest BCUT2D eigenvalue weighted by atomic mass is 35.5. The van der Waals surface area contributed by atoms with Crippen LogP contribution in [-0.2, 0) is 4.74 Å². The normalized spacial score (nSPS) is 34.2. The van der Waals surface area contributed by atoms with E-state index < -0.39 is 0 Å². The van der Waals surface area contributed by atoms with Crippen molar-refractivity contribution < 1.29 is 9.53 Å². The summed E-state index contributed by atoms with van der Waals surface area (Å²) in [6.45, 7) is 6.05. The van der Waals surface area contributed by atoms with Crippen LogP contribution in [0.3, 0.4) is 0 Å². The molecule has 1 fully saturated rings. The summed E-state index contributed by atoms with van der Waals surface area (Å²) in [4.78, 5) is 13.0. The molecule has 0 N–H and O–H groups in total. The Kier molecular flexibility index (Phi) is 3.38. The van der Waals surface area contributed by atoms with E-state index >= 15 is 0 Å². The number of carbonyl (C=O) groups is 1. The molecule has 1 aromatic rings. The fourth-order valence-electron chi connectivity index (χ4n) is 2.34. The Morgan fingerprint density at radius 2 is 2.06 bits per heavy atom. The van der Waals surface area contributed by atoms with Gasteiger partial charge in [-0.3, -0.25) is 4.79 Å². The third-order valence-corrected chi connectivity index (χ3v) is 4.74. The second-order valence-electron chi connectivity index (χ2n) is 4.39. The molecule has 4 atom stereocenters. The van der Waals surface area contributed by atoms with Crippen molar-refractivity contribution in [2.24, 2.45) is 11.8 Å². The molecule has 0 aliphatic carbocycles. The Balaban J connectivity index is 2.26. The summed E-state index contributed by atoms with van der Waals surface area (Å²) in [6.07, 6.45) is 0.123. The Hall–Kier alpha value is -0.380. The molecule has 2 heterocycles. The number of thiophene rings is 1. The Morgan fingerprint density at radius 3 is 2.50 bits per heavy atom. The average molecular weight is 259 g/mol. The van der Waals surface area contributed by atoms with Gasteiger partial charge in [0.2, 0.25) is 0 Å². The molecule has 0 saturated carbocycles. The van der Waals surface area contributed by atoms with Crippen molar-refractivity contribution in [3.05, 3.63) is 21.3 Å². The van der Waals surface area contributed by atoms with Crippen LogP contribution in [0.5, 0.6) is 0 Å². The van der Waals surface area contributed by atoms with E-state index in [-0.39, 0.29) is 29.8 Å². The van der Waals surface area contributed by atoms with Crippen LogP contribution in [0.1, 0.15) is 30.4 Å². The van der Waals surface area contributed by atoms with Crippen LogP contribution in [0.2, 0.25) is 5.02 Å². The highest BCUT2D eigenvalue weighted by Crippen LogP contribution is 2.37. The number of Topliss-reactive ketones (excluding diaryl/α,β-unsaturated/α-hetero) is 1. The molecule has 1 aliphatic rings. The van der Waals surface area contributed by atoms with Crippen LogP contribution in [0, 0.1) is 11.8 Å². The van der Waals surface area contributed by atoms with Gasteiger partial charge in [0.25, 0.3) is 0 Å². The van der Waals surface area contributed by atoms with E-state index in [1.54, 1.807) is 6.07 Å². The predicted molar refractivity (Wildman–Crippen MR) is 66.3 cm³/mol. The SMILES string of the molecule is CC1OC(C)C(C(=O)c2sccc2Cl)C1C. The maximum atomic E-state index is 12.3. The number of ether oxygens (including phenoxy) is 1. The molecule has 0 spiro atoms. The zero-order valence-corrected chi connectivity index (χ0v) is 11.1. The van der Waals surface area contributed by atoms with Crippen LogP contribution < -0.4 is 0 Å². The van der Waals surface area contributed by atoms with Crippen molar-refractivity contribution in [1.82, 2.24) is 0 Å². The molecule has 0 amide bonds. The maximum Gasteiger partial charge on any atom is 0.180 e. The van der Waals surface area contributed by atoms with E-state index in [4.69, 9.17) is 16.3 Å². The number of hydrogen-bond donors (Lipinski definition) is 0. The Morgan fingerprint density at radius 1 is 1.38 bits per heavy atom. The van der Waals surface area contributed by atoms with Crippen LogP contribution in [0.4, 0.5) is 0 Å². The number of ketones is 1. The predicted octanol–water partition coefficient (Wildman–Crippen LogP) is 3.64. The number of rotatable bonds is 2. The lowest BCUT2D eigenvalue weighted by molar-refractivity contribution is 0.0492. The number of hydrogen-bond acceptors (Lipinski definition) is 3. The summed E-state index contributed by atoms with van der Waals surface area (Å²) in [5, 5.41) is 2.42. The van der Waals surface area contributed by atoms with Gasteiger partial charge in [-0.05, 0) is 31.2 Å². The molecule has 0 aromatic carbocycles. The molecule has 88 valence electrons. The molecule has 16 heavy (non-hydrogen) atoms. The molecule has 4 heteroatoms. The molecule has 1 aromatic heterocycles. The first-order chi connectivity index (χ1) is 7.52. The standard InChI is InChI=1S/C12H15ClO2S/c1-6-7(2)15-8(3)10(6)11(14)12-9(13)4-5-16-12/h4-8,10H,1-3H3. The summed E-state index contributed by atoms with van der Waals surface area (Å²) in [7, 11) is 0. The summed E-state index contributed by atoms with van der Waals surface area (Å²) in [5.74, 6) is 0.316. The lowest BCUT2D eigenvalue weighted by Gasteiger charge is -2.16. The van der Waals surface area contributed by atoms with Crippen LogP contribution >= 0.6 is 22.9 Å². The zero-order valence-electron chi connectivity index (χ0n) is 9.57. The minimum atomic E-state index is -0.0638. The molecular weight excluding hydrogens is 244 g/mol. The summed E-state index contributed by atoms with van der Waals surface area (Å²) < 4.78 is 5.69. The minimum Gasteiger partial charge on any atom is -0.374 e. The fourth-order valence-corrected chi connectivity index (χ4v) is 3.48. The van der Waals surface area contributed by atoms with Crippen molar-refractivity contribution in [3.63, 3.8) is 0 Å². The van der Waals surface area contributed by atoms with Crippen molar-refractivity contribution in [2.75, 3.05) is 0 Å². The van der Waals surface area contributed by atoms with Crippen molar-refractivity contribution in [2.45, 2.75) is 33.0 Å². The molecule has 0 radical (unpaired) electrons. The molecule has 2 nitrogen and oxygen atoms in total. The van der Waals surface area contributed by atoms with Crippen LogP contribution in [-0.4, -0.2) is 18.0 Å². The van der Waals surface area contributed by atoms with Crippen molar-refractivity contribution >= 4 is 28.7 Å². The number of halogens is 1. The van der Waals surface area contributed by atoms with Crippen molar-refractivity contribution in [1.29, 1.82) is 0 Å². The van der Waals surface area contributed by atoms with Crippen LogP contribution in [0.25, 0.3) is 0 Å². The van der Waals surface area contributed by atoms with Gasteiger partial charge in [-0.15, -0.1) is 11.3 Å². The van der Waals surface area contributed by atoms with Gasteiger partial charge in [-0.2, -0.15) is 0 Å². The monoisotopic (exact) mass is 258 g/mol. The van der Waals surface area contributed by atoms with E-state index in [9.17, 15) is 4.79 Å². The highest BCUT2D eigenvalue weighted by Gasteiger charge is 2.42. The van der Waals surface area contributed by atoms with E-state index in [1.807, 2.05) is 19.2 Å². The van der Waals surface area contributed by atoms with Gasteiger partial charge in [-0.1, -0.05) is 18.5 Å². The lowest BCUT2D eigenvalue weighted by Crippen LogP contribution is -2.26. The molecule has 0 bridgehead atoms. The minimum absolute atomic E-state index is 0.0179. The zero-order chi connectivity index (χ0) is 11.9. The average Bonchev–Trinajstić information content (AvgIpc) is 2.73. The highest BCUT2D eigenvalue weighted by molar-refractivity contribution is 7.12. The Bertz CT molecular complexity index is 401. The van der Waals surface area contributed by atoms with Gasteiger partial charge in [0, 0.05) is 0 Å². The maximum absolute atomic E-state index is 12.3. The van der Waals surface area contributed by atoms with E-state index in [2.05, 4.69) is 6.92 Å². The third-order valence-electron chi connectivity index (χ3n) is 3.39. The first-order valence-corrected chi connectivity index (χ1v) is 6.70. The van der Waals surface area contributed by atoms with Crippen molar-refractivity contribution in [3.8, 4) is 0 Å². The number of carbonyl (C=O) groups excluding carboxylic acids is 1. The first-order valence-electron chi connectivity index (χ1n) is 5.45. The van der Waals surface area contributed by atoms with Gasteiger partial charge in [0.05, 0.1) is 28.0 Å². The summed E-state index contributed by atoms with van der Waals surface area (Å²) >= 11 is 7.41. The fraction of sp³-hybridized carbons (Fsp3) is 0.583. The summed E-state index contributed by atoms with van der Waals surface area (Å²) in [5.41, 5.74) is 0. The van der Waals surface area contributed by atoms with Gasteiger partial charge < -0.3 is 4.74 Å². The second-order valence-corrected chi connectivity index (χ2v) is 5.72. The van der Waals surface area contributed by atoms with E-state index in [0.29, 0.717) is 9.90 Å². The van der Waals surface area contributed by atoms with E-state index in [1.165, 1.54) is 11.3 Å². The molecule has 4 unspecified atom stereocenters. The Labute approximate surface area is 105 Å². The smallest absolute Gasteiger partial charge is 0.180 e. The molecule has 1 aliphatic heterocycles. The molecular formula is C12H15ClO2S.